The van der Waals surface area contributed by atoms with Gasteiger partial charge in [-0.3, -0.25) is 4.79 Å². The van der Waals surface area contributed by atoms with E-state index in [0.717, 1.165) is 5.39 Å². The Labute approximate surface area is 169 Å². The van der Waals surface area contributed by atoms with Crippen LogP contribution in [0.15, 0.2) is 52.9 Å². The smallest absolute Gasteiger partial charge is 0.375 e. The molecule has 6 nitrogen and oxygen atoms in total. The van der Waals surface area contributed by atoms with Crippen molar-refractivity contribution in [1.29, 1.82) is 0 Å². The molecule has 152 valence electrons. The van der Waals surface area contributed by atoms with Gasteiger partial charge in [-0.05, 0) is 36.6 Å². The highest BCUT2D eigenvalue weighted by Gasteiger charge is 2.25. The SMILES string of the molecule is COCc1c(C(=O)O[C@@H](C)C(=O)Nc2ccc(C(C)C)cc2)oc2ccccc12. The van der Waals surface area contributed by atoms with Gasteiger partial charge in [-0.25, -0.2) is 4.79 Å². The van der Waals surface area contributed by atoms with E-state index in [1.165, 1.54) is 19.6 Å². The second-order valence-corrected chi connectivity index (χ2v) is 7.15. The molecule has 0 unspecified atom stereocenters. The Morgan fingerprint density at radius 3 is 2.38 bits per heavy atom. The summed E-state index contributed by atoms with van der Waals surface area (Å²) in [6.07, 6.45) is -0.990. The van der Waals surface area contributed by atoms with Crippen molar-refractivity contribution in [1.82, 2.24) is 0 Å². The van der Waals surface area contributed by atoms with Crippen LogP contribution in [0.5, 0.6) is 0 Å². The Hall–Kier alpha value is -3.12. The summed E-state index contributed by atoms with van der Waals surface area (Å²) in [5, 5.41) is 3.54. The minimum Gasteiger partial charge on any atom is -0.449 e. The van der Waals surface area contributed by atoms with Crippen LogP contribution in [-0.4, -0.2) is 25.1 Å². The van der Waals surface area contributed by atoms with E-state index in [-0.39, 0.29) is 12.4 Å². The summed E-state index contributed by atoms with van der Waals surface area (Å²) in [5.41, 5.74) is 2.99. The molecule has 0 bridgehead atoms. The number of hydrogen-bond donors (Lipinski definition) is 1. The van der Waals surface area contributed by atoms with Crippen molar-refractivity contribution >= 4 is 28.5 Å². The minimum atomic E-state index is -0.990. The third-order valence-corrected chi connectivity index (χ3v) is 4.67. The maximum atomic E-state index is 12.6. The van der Waals surface area contributed by atoms with Crippen molar-refractivity contribution in [3.8, 4) is 0 Å². The maximum absolute atomic E-state index is 12.6. The monoisotopic (exact) mass is 395 g/mol. The minimum absolute atomic E-state index is 0.0500. The summed E-state index contributed by atoms with van der Waals surface area (Å²) in [6, 6.07) is 14.9. The molecule has 1 atom stereocenters. The molecule has 2 aromatic carbocycles. The lowest BCUT2D eigenvalue weighted by atomic mass is 10.0. The number of nitrogens with one attached hydrogen (secondary N) is 1. The summed E-state index contributed by atoms with van der Waals surface area (Å²) < 4.78 is 16.2. The number of methoxy groups -OCH3 is 1. The highest BCUT2D eigenvalue weighted by atomic mass is 16.6. The average Bonchev–Trinajstić information content (AvgIpc) is 3.07. The predicted molar refractivity (Wildman–Crippen MR) is 111 cm³/mol. The van der Waals surface area contributed by atoms with Gasteiger partial charge in [-0.1, -0.05) is 44.2 Å². The van der Waals surface area contributed by atoms with E-state index in [0.29, 0.717) is 22.8 Å². The number of ether oxygens (including phenoxy) is 2. The van der Waals surface area contributed by atoms with Crippen LogP contribution in [0.25, 0.3) is 11.0 Å². The molecule has 0 fully saturated rings. The summed E-state index contributed by atoms with van der Waals surface area (Å²) in [4.78, 5) is 25.1. The normalized spacial score (nSPS) is 12.2. The van der Waals surface area contributed by atoms with Gasteiger partial charge in [0.05, 0.1) is 6.61 Å². The number of carbonyl (C=O) groups excluding carboxylic acids is 2. The Bertz CT molecular complexity index is 1000. The molecule has 0 radical (unpaired) electrons. The molecule has 0 saturated heterocycles. The van der Waals surface area contributed by atoms with Crippen LogP contribution in [0.1, 0.15) is 48.4 Å². The Morgan fingerprint density at radius 1 is 1.03 bits per heavy atom. The molecule has 0 aliphatic heterocycles. The number of para-hydroxylation sites is 1. The van der Waals surface area contributed by atoms with Crippen LogP contribution >= 0.6 is 0 Å². The molecule has 3 rings (SSSR count). The molecule has 0 saturated carbocycles. The van der Waals surface area contributed by atoms with Gasteiger partial charge in [0.15, 0.2) is 6.10 Å². The van der Waals surface area contributed by atoms with Crippen LogP contribution in [0.4, 0.5) is 5.69 Å². The second kappa shape index (κ2) is 8.92. The third-order valence-electron chi connectivity index (χ3n) is 4.67. The first kappa shape index (κ1) is 20.6. The van der Waals surface area contributed by atoms with Crippen molar-refractivity contribution in [2.75, 3.05) is 12.4 Å². The lowest BCUT2D eigenvalue weighted by Gasteiger charge is -2.14. The van der Waals surface area contributed by atoms with Crippen LogP contribution in [0.3, 0.4) is 0 Å². The molecule has 1 amide bonds. The van der Waals surface area contributed by atoms with Gasteiger partial charge >= 0.3 is 5.97 Å². The molecule has 1 heterocycles. The summed E-state index contributed by atoms with van der Waals surface area (Å²) in [5.74, 6) is -0.662. The molecule has 0 aliphatic carbocycles. The first-order chi connectivity index (χ1) is 13.9. The van der Waals surface area contributed by atoms with E-state index < -0.39 is 18.0 Å². The number of rotatable bonds is 7. The van der Waals surface area contributed by atoms with E-state index in [1.54, 1.807) is 6.07 Å². The molecular weight excluding hydrogens is 370 g/mol. The lowest BCUT2D eigenvalue weighted by molar-refractivity contribution is -0.123. The summed E-state index contributed by atoms with van der Waals surface area (Å²) >= 11 is 0. The highest BCUT2D eigenvalue weighted by Crippen LogP contribution is 2.27. The summed E-state index contributed by atoms with van der Waals surface area (Å²) in [6.45, 7) is 5.93. The molecule has 3 aromatic rings. The lowest BCUT2D eigenvalue weighted by Crippen LogP contribution is -2.30. The van der Waals surface area contributed by atoms with E-state index in [9.17, 15) is 9.59 Å². The fourth-order valence-electron chi connectivity index (χ4n) is 3.01. The number of hydrogen-bond acceptors (Lipinski definition) is 5. The van der Waals surface area contributed by atoms with Crippen LogP contribution in [0, 0.1) is 0 Å². The van der Waals surface area contributed by atoms with E-state index in [4.69, 9.17) is 13.9 Å². The largest absolute Gasteiger partial charge is 0.449 e. The van der Waals surface area contributed by atoms with Crippen molar-refractivity contribution < 1.29 is 23.5 Å². The number of esters is 1. The predicted octanol–water partition coefficient (Wildman–Crippen LogP) is 4.89. The molecule has 29 heavy (non-hydrogen) atoms. The van der Waals surface area contributed by atoms with Gasteiger partial charge in [0.2, 0.25) is 5.76 Å². The molecular formula is C23H25NO5. The van der Waals surface area contributed by atoms with Crippen LogP contribution < -0.4 is 5.32 Å². The molecule has 0 aliphatic rings. The molecule has 6 heteroatoms. The molecule has 0 spiro atoms. The maximum Gasteiger partial charge on any atom is 0.375 e. The zero-order chi connectivity index (χ0) is 21.0. The number of furan rings is 1. The Morgan fingerprint density at radius 2 is 1.72 bits per heavy atom. The zero-order valence-electron chi connectivity index (χ0n) is 17.0. The third kappa shape index (κ3) is 4.66. The van der Waals surface area contributed by atoms with Crippen molar-refractivity contribution in [2.24, 2.45) is 0 Å². The van der Waals surface area contributed by atoms with Crippen molar-refractivity contribution in [3.63, 3.8) is 0 Å². The van der Waals surface area contributed by atoms with E-state index in [1.807, 2.05) is 42.5 Å². The fourth-order valence-corrected chi connectivity index (χ4v) is 3.01. The number of fused-ring (bicyclic) bond motifs is 1. The number of carbonyl (C=O) groups is 2. The first-order valence-corrected chi connectivity index (χ1v) is 9.51. The molecule has 1 N–H and O–H groups in total. The standard InChI is InChI=1S/C23H25NO5/c1-14(2)16-9-11-17(12-10-16)24-22(25)15(3)28-23(26)21-19(13-27-4)18-7-5-6-8-20(18)29-21/h5-12,14-15H,13H2,1-4H3,(H,24,25)/t15-/m0/s1. The van der Waals surface area contributed by atoms with Gasteiger partial charge in [0.1, 0.15) is 5.58 Å². The van der Waals surface area contributed by atoms with E-state index in [2.05, 4.69) is 19.2 Å². The number of amides is 1. The number of anilines is 1. The zero-order valence-corrected chi connectivity index (χ0v) is 17.0. The topological polar surface area (TPSA) is 77.8 Å². The van der Waals surface area contributed by atoms with Gasteiger partial charge in [-0.2, -0.15) is 0 Å². The van der Waals surface area contributed by atoms with Gasteiger partial charge < -0.3 is 19.2 Å². The van der Waals surface area contributed by atoms with Crippen LogP contribution in [-0.2, 0) is 20.9 Å². The molecule has 1 aromatic heterocycles. The average molecular weight is 395 g/mol. The highest BCUT2D eigenvalue weighted by molar-refractivity contribution is 5.99. The number of benzene rings is 2. The van der Waals surface area contributed by atoms with Gasteiger partial charge in [0.25, 0.3) is 5.91 Å². The second-order valence-electron chi connectivity index (χ2n) is 7.15. The van der Waals surface area contributed by atoms with E-state index >= 15 is 0 Å². The fraction of sp³-hybridized carbons (Fsp3) is 0.304. The quantitative estimate of drug-likeness (QED) is 0.577. The van der Waals surface area contributed by atoms with Crippen molar-refractivity contribution in [2.45, 2.75) is 39.4 Å². The first-order valence-electron chi connectivity index (χ1n) is 9.51. The summed E-state index contributed by atoms with van der Waals surface area (Å²) in [7, 11) is 1.54. The Kier molecular flexibility index (Phi) is 6.34. The van der Waals surface area contributed by atoms with Crippen LogP contribution in [0.2, 0.25) is 0 Å². The Balaban J connectivity index is 1.70. The van der Waals surface area contributed by atoms with Gasteiger partial charge in [0, 0.05) is 23.7 Å². The van der Waals surface area contributed by atoms with Gasteiger partial charge in [-0.15, -0.1) is 0 Å². The van der Waals surface area contributed by atoms with Crippen molar-refractivity contribution in [3.05, 3.63) is 65.4 Å².